The SMILES string of the molecule is CCCCn1cc[n+](C(CC)[Si](OCC)(OCC)OCC)c1.[Cl-]. The number of unbranched alkanes of at least 4 members (excludes halogenated alkanes) is 1. The van der Waals surface area contributed by atoms with Crippen LogP contribution in [0.4, 0.5) is 0 Å². The number of aromatic nitrogens is 2. The Bertz CT molecular complexity index is 401. The summed E-state index contributed by atoms with van der Waals surface area (Å²) in [5, 5.41) is 0. The lowest BCUT2D eigenvalue weighted by molar-refractivity contribution is -0.710. The molecule has 1 atom stereocenters. The maximum absolute atomic E-state index is 6.07. The highest BCUT2D eigenvalue weighted by Crippen LogP contribution is 2.24. The molecule has 0 saturated carbocycles. The Morgan fingerprint density at radius 2 is 1.57 bits per heavy atom. The molecule has 1 unspecified atom stereocenters. The van der Waals surface area contributed by atoms with Crippen molar-refractivity contribution in [3.63, 3.8) is 0 Å². The van der Waals surface area contributed by atoms with Crippen LogP contribution in [0.5, 0.6) is 0 Å². The fourth-order valence-electron chi connectivity index (χ4n) is 2.73. The zero-order valence-corrected chi connectivity index (χ0v) is 17.0. The molecule has 1 rings (SSSR count). The zero-order valence-electron chi connectivity index (χ0n) is 15.3. The summed E-state index contributed by atoms with van der Waals surface area (Å²) in [6.07, 6.45) is 9.71. The second-order valence-electron chi connectivity index (χ2n) is 5.28. The molecule has 0 saturated heterocycles. The van der Waals surface area contributed by atoms with Crippen LogP contribution >= 0.6 is 0 Å². The van der Waals surface area contributed by atoms with E-state index in [1.807, 2.05) is 20.8 Å². The second kappa shape index (κ2) is 12.0. The van der Waals surface area contributed by atoms with E-state index in [4.69, 9.17) is 13.3 Å². The van der Waals surface area contributed by atoms with Gasteiger partial charge in [-0.3, -0.25) is 0 Å². The lowest BCUT2D eigenvalue weighted by atomic mass is 10.3. The summed E-state index contributed by atoms with van der Waals surface area (Å²) in [4.78, 5) is 0. The Kier molecular flexibility index (Phi) is 11.8. The van der Waals surface area contributed by atoms with Crippen molar-refractivity contribution in [2.75, 3.05) is 19.8 Å². The van der Waals surface area contributed by atoms with Gasteiger partial charge in [0, 0.05) is 19.8 Å². The summed E-state index contributed by atoms with van der Waals surface area (Å²) in [6.45, 7) is 13.3. The Labute approximate surface area is 148 Å². The molecule has 1 heterocycles. The van der Waals surface area contributed by atoms with Gasteiger partial charge in [-0.1, -0.05) is 20.3 Å². The van der Waals surface area contributed by atoms with Crippen molar-refractivity contribution < 1.29 is 30.3 Å². The smallest absolute Gasteiger partial charge is 0.548 e. The van der Waals surface area contributed by atoms with E-state index in [0.29, 0.717) is 19.8 Å². The monoisotopic (exact) mass is 364 g/mol. The molecule has 1 aromatic heterocycles. The average Bonchev–Trinajstić information content (AvgIpc) is 2.95. The largest absolute Gasteiger partial charge is 1.00 e. The second-order valence-corrected chi connectivity index (χ2v) is 8.02. The van der Waals surface area contributed by atoms with E-state index < -0.39 is 8.80 Å². The van der Waals surface area contributed by atoms with Gasteiger partial charge in [0.1, 0.15) is 12.4 Å². The van der Waals surface area contributed by atoms with E-state index in [-0.39, 0.29) is 18.1 Å². The summed E-state index contributed by atoms with van der Waals surface area (Å²) >= 11 is 0. The van der Waals surface area contributed by atoms with Crippen LogP contribution in [0.15, 0.2) is 18.7 Å². The molecule has 0 aliphatic heterocycles. The number of rotatable bonds is 12. The van der Waals surface area contributed by atoms with Gasteiger partial charge in [-0.2, -0.15) is 0 Å². The first-order valence-electron chi connectivity index (χ1n) is 8.65. The van der Waals surface area contributed by atoms with E-state index in [1.54, 1.807) is 0 Å². The summed E-state index contributed by atoms with van der Waals surface area (Å²) in [5.74, 6) is 0. The summed E-state index contributed by atoms with van der Waals surface area (Å²) in [6, 6.07) is 0. The minimum atomic E-state index is -2.73. The van der Waals surface area contributed by atoms with Gasteiger partial charge in [0.15, 0.2) is 5.67 Å². The highest BCUT2D eigenvalue weighted by molar-refractivity contribution is 6.61. The molecule has 23 heavy (non-hydrogen) atoms. The van der Waals surface area contributed by atoms with Crippen LogP contribution in [0.1, 0.15) is 59.5 Å². The lowest BCUT2D eigenvalue weighted by Crippen LogP contribution is -3.00. The summed E-state index contributed by atoms with van der Waals surface area (Å²) < 4.78 is 22.7. The van der Waals surface area contributed by atoms with Crippen molar-refractivity contribution in [1.29, 1.82) is 0 Å². The Morgan fingerprint density at radius 3 is 2.00 bits per heavy atom. The maximum Gasteiger partial charge on any atom is 0.548 e. The molecule has 0 aromatic carbocycles. The topological polar surface area (TPSA) is 36.5 Å². The van der Waals surface area contributed by atoms with Gasteiger partial charge < -0.3 is 25.7 Å². The molecule has 0 N–H and O–H groups in total. The van der Waals surface area contributed by atoms with Crippen molar-refractivity contribution >= 4 is 8.80 Å². The number of nitrogens with zero attached hydrogens (tertiary/aromatic N) is 2. The molecule has 0 spiro atoms. The molecule has 5 nitrogen and oxygen atoms in total. The minimum Gasteiger partial charge on any atom is -1.00 e. The first-order chi connectivity index (χ1) is 10.7. The number of hydrogen-bond donors (Lipinski definition) is 0. The number of aryl methyl sites for hydroxylation is 1. The van der Waals surface area contributed by atoms with Crippen LogP contribution in [0, 0.1) is 0 Å². The predicted molar refractivity (Wildman–Crippen MR) is 89.5 cm³/mol. The Morgan fingerprint density at radius 1 is 1.00 bits per heavy atom. The highest BCUT2D eigenvalue weighted by Gasteiger charge is 2.52. The zero-order chi connectivity index (χ0) is 16.4. The third-order valence-electron chi connectivity index (χ3n) is 3.67. The van der Waals surface area contributed by atoms with Crippen LogP contribution in [0.2, 0.25) is 0 Å². The molecule has 7 heteroatoms. The maximum atomic E-state index is 6.07. The van der Waals surface area contributed by atoms with Crippen molar-refractivity contribution in [3.8, 4) is 0 Å². The van der Waals surface area contributed by atoms with Gasteiger partial charge in [-0.05, 0) is 33.6 Å². The molecular weight excluding hydrogens is 332 g/mol. The van der Waals surface area contributed by atoms with Crippen LogP contribution in [0.3, 0.4) is 0 Å². The number of hydrogen-bond acceptors (Lipinski definition) is 3. The molecular formula is C16H33ClN2O3Si. The van der Waals surface area contributed by atoms with Gasteiger partial charge in [-0.15, -0.1) is 0 Å². The lowest BCUT2D eigenvalue weighted by Gasteiger charge is -2.32. The molecule has 0 bridgehead atoms. The van der Waals surface area contributed by atoms with Crippen molar-refractivity contribution in [2.45, 2.75) is 66.1 Å². The summed E-state index contributed by atoms with van der Waals surface area (Å²) in [7, 11) is -2.73. The van der Waals surface area contributed by atoms with Gasteiger partial charge >= 0.3 is 8.80 Å². The van der Waals surface area contributed by atoms with E-state index in [9.17, 15) is 0 Å². The van der Waals surface area contributed by atoms with Gasteiger partial charge in [-0.25, -0.2) is 9.13 Å². The van der Waals surface area contributed by atoms with E-state index in [1.165, 1.54) is 12.8 Å². The van der Waals surface area contributed by atoms with Crippen molar-refractivity contribution in [1.82, 2.24) is 4.57 Å². The van der Waals surface area contributed by atoms with Gasteiger partial charge in [0.05, 0.1) is 6.54 Å². The quantitative estimate of drug-likeness (QED) is 0.390. The van der Waals surface area contributed by atoms with E-state index in [0.717, 1.165) is 13.0 Å². The minimum absolute atomic E-state index is 0. The van der Waals surface area contributed by atoms with E-state index >= 15 is 0 Å². The van der Waals surface area contributed by atoms with Crippen LogP contribution in [-0.4, -0.2) is 33.2 Å². The van der Waals surface area contributed by atoms with Gasteiger partial charge in [0.2, 0.25) is 6.33 Å². The fourth-order valence-corrected chi connectivity index (χ4v) is 5.78. The van der Waals surface area contributed by atoms with Crippen LogP contribution in [0.25, 0.3) is 0 Å². The highest BCUT2D eigenvalue weighted by atomic mass is 35.5. The first-order valence-corrected chi connectivity index (χ1v) is 10.5. The molecule has 0 amide bonds. The molecule has 136 valence electrons. The standard InChI is InChI=1S/C16H33N2O3Si.ClH/c1-6-11-12-17-13-14-18(15-17)16(7-2)22(19-8-3,20-9-4)21-10-5;/h13-16H,6-12H2,1-5H3;1H/q+1;/p-1. The normalized spacial score (nSPS) is 12.9. The molecule has 0 radical (unpaired) electrons. The van der Waals surface area contributed by atoms with Gasteiger partial charge in [0.25, 0.3) is 0 Å². The molecule has 0 aliphatic carbocycles. The molecule has 0 aliphatic rings. The van der Waals surface area contributed by atoms with Crippen molar-refractivity contribution in [3.05, 3.63) is 18.7 Å². The third-order valence-corrected chi connectivity index (χ3v) is 7.27. The van der Waals surface area contributed by atoms with Crippen LogP contribution < -0.4 is 17.0 Å². The third kappa shape index (κ3) is 6.19. The fraction of sp³-hybridized carbons (Fsp3) is 0.812. The Balaban J connectivity index is 0.00000484. The average molecular weight is 365 g/mol. The molecule has 1 aromatic rings. The number of halogens is 1. The summed E-state index contributed by atoms with van der Waals surface area (Å²) in [5.41, 5.74) is 0.121. The van der Waals surface area contributed by atoms with Crippen LogP contribution in [-0.2, 0) is 19.8 Å². The Hall–Kier alpha value is -0.403. The van der Waals surface area contributed by atoms with Crippen molar-refractivity contribution in [2.24, 2.45) is 0 Å². The predicted octanol–water partition coefficient (Wildman–Crippen LogP) is 0.118. The first kappa shape index (κ1) is 22.6. The van der Waals surface area contributed by atoms with E-state index in [2.05, 4.69) is 41.7 Å². The number of imidazole rings is 1. The molecule has 0 fully saturated rings.